The molecular formula is C25H34N3O3+. The average molecular weight is 425 g/mol. The van der Waals surface area contributed by atoms with Crippen LogP contribution in [0, 0.1) is 11.8 Å². The molecule has 0 radical (unpaired) electrons. The summed E-state index contributed by atoms with van der Waals surface area (Å²) in [6.45, 7) is 9.49. The summed E-state index contributed by atoms with van der Waals surface area (Å²) in [5.41, 5.74) is 3.08. The normalized spacial score (nSPS) is 12.5. The van der Waals surface area contributed by atoms with Gasteiger partial charge in [0, 0.05) is 17.5 Å². The summed E-state index contributed by atoms with van der Waals surface area (Å²) in [7, 11) is 3.13. The molecule has 0 unspecified atom stereocenters. The van der Waals surface area contributed by atoms with E-state index in [1.54, 1.807) is 26.4 Å². The number of hydrogen-bond acceptors (Lipinski definition) is 4. The average Bonchev–Trinajstić information content (AvgIpc) is 2.73. The Morgan fingerprint density at radius 3 is 2.23 bits per heavy atom. The molecule has 3 aromatic rings. The van der Waals surface area contributed by atoms with Crippen molar-refractivity contribution in [1.82, 2.24) is 9.97 Å². The Hall–Kier alpha value is -2.86. The number of methoxy groups -OCH3 is 2. The number of aromatic amines is 1. The molecule has 0 bridgehead atoms. The summed E-state index contributed by atoms with van der Waals surface area (Å²) in [5.74, 6) is 2.80. The van der Waals surface area contributed by atoms with Crippen LogP contribution in [0.5, 0.6) is 11.5 Å². The van der Waals surface area contributed by atoms with Crippen LogP contribution in [-0.2, 0) is 13.0 Å². The SMILES string of the molecule is COc1cc2nc(C[NH2+][C@H](c3ccc(CC(C)C)cc3)C(C)C)[nH]c(=O)c2cc1OC. The van der Waals surface area contributed by atoms with Crippen molar-refractivity contribution >= 4 is 10.9 Å². The first-order chi connectivity index (χ1) is 14.8. The fourth-order valence-electron chi connectivity index (χ4n) is 3.99. The third-order valence-corrected chi connectivity index (χ3v) is 5.55. The number of quaternary nitrogens is 1. The van der Waals surface area contributed by atoms with Crippen molar-refractivity contribution in [3.63, 3.8) is 0 Å². The van der Waals surface area contributed by atoms with Crippen LogP contribution in [-0.4, -0.2) is 24.2 Å². The van der Waals surface area contributed by atoms with E-state index in [4.69, 9.17) is 9.47 Å². The molecule has 0 aliphatic carbocycles. The summed E-state index contributed by atoms with van der Waals surface area (Å²) >= 11 is 0. The van der Waals surface area contributed by atoms with Crippen molar-refractivity contribution < 1.29 is 14.8 Å². The molecule has 2 aromatic carbocycles. The quantitative estimate of drug-likeness (QED) is 0.550. The second-order valence-electron chi connectivity index (χ2n) is 8.79. The molecule has 0 fully saturated rings. The van der Waals surface area contributed by atoms with Crippen LogP contribution < -0.4 is 20.3 Å². The van der Waals surface area contributed by atoms with E-state index < -0.39 is 0 Å². The zero-order valence-electron chi connectivity index (χ0n) is 19.4. The van der Waals surface area contributed by atoms with Gasteiger partial charge in [0.15, 0.2) is 17.3 Å². The second-order valence-corrected chi connectivity index (χ2v) is 8.79. The standard InChI is InChI=1S/C25H33N3O3/c1-15(2)11-17-7-9-18(10-8-17)24(16(3)4)26-14-23-27-20-13-22(31-6)21(30-5)12-19(20)25(29)28-23/h7-10,12-13,15-16,24,26H,11,14H2,1-6H3,(H,27,28,29)/p+1/t24-/m0/s1. The van der Waals surface area contributed by atoms with Gasteiger partial charge in [0.1, 0.15) is 12.6 Å². The van der Waals surface area contributed by atoms with Gasteiger partial charge in [0.25, 0.3) is 5.56 Å². The van der Waals surface area contributed by atoms with Crippen LogP contribution in [0.3, 0.4) is 0 Å². The van der Waals surface area contributed by atoms with Crippen molar-refractivity contribution in [2.45, 2.75) is 46.7 Å². The Morgan fingerprint density at radius 2 is 1.65 bits per heavy atom. The van der Waals surface area contributed by atoms with Gasteiger partial charge in [0.2, 0.25) is 0 Å². The topological polar surface area (TPSA) is 80.8 Å². The smallest absolute Gasteiger partial charge is 0.259 e. The highest BCUT2D eigenvalue weighted by Gasteiger charge is 2.20. The Labute approximate surface area is 184 Å². The van der Waals surface area contributed by atoms with Crippen LogP contribution in [0.15, 0.2) is 41.2 Å². The lowest BCUT2D eigenvalue weighted by Crippen LogP contribution is -2.85. The number of benzene rings is 2. The molecule has 1 aromatic heterocycles. The molecule has 0 spiro atoms. The highest BCUT2D eigenvalue weighted by molar-refractivity contribution is 5.81. The summed E-state index contributed by atoms with van der Waals surface area (Å²) in [4.78, 5) is 20.2. The molecule has 166 valence electrons. The van der Waals surface area contributed by atoms with Gasteiger partial charge in [-0.2, -0.15) is 0 Å². The van der Waals surface area contributed by atoms with Crippen molar-refractivity contribution in [3.8, 4) is 11.5 Å². The molecule has 0 saturated heterocycles. The molecule has 0 saturated carbocycles. The number of nitrogens with two attached hydrogens (primary N) is 1. The van der Waals surface area contributed by atoms with Crippen LogP contribution in [0.1, 0.15) is 50.7 Å². The lowest BCUT2D eigenvalue weighted by atomic mass is 9.93. The first-order valence-corrected chi connectivity index (χ1v) is 10.9. The molecule has 3 rings (SSSR count). The maximum Gasteiger partial charge on any atom is 0.259 e. The number of nitrogens with zero attached hydrogens (tertiary/aromatic N) is 1. The fourth-order valence-corrected chi connectivity index (χ4v) is 3.99. The molecule has 0 amide bonds. The monoisotopic (exact) mass is 424 g/mol. The third kappa shape index (κ3) is 5.44. The number of rotatable bonds is 9. The molecule has 31 heavy (non-hydrogen) atoms. The van der Waals surface area contributed by atoms with Crippen molar-refractivity contribution in [2.75, 3.05) is 14.2 Å². The van der Waals surface area contributed by atoms with E-state index in [9.17, 15) is 4.79 Å². The Morgan fingerprint density at radius 1 is 1.00 bits per heavy atom. The molecular weight excluding hydrogens is 390 g/mol. The molecule has 0 aliphatic heterocycles. The minimum absolute atomic E-state index is 0.173. The van der Waals surface area contributed by atoms with Crippen molar-refractivity contribution in [3.05, 3.63) is 63.7 Å². The maximum absolute atomic E-state index is 12.6. The largest absolute Gasteiger partial charge is 0.493 e. The van der Waals surface area contributed by atoms with Crippen LogP contribution in [0.2, 0.25) is 0 Å². The van der Waals surface area contributed by atoms with Gasteiger partial charge in [0.05, 0.1) is 25.1 Å². The minimum atomic E-state index is -0.173. The fraction of sp³-hybridized carbons (Fsp3) is 0.440. The molecule has 3 N–H and O–H groups in total. The number of H-pyrrole nitrogens is 1. The van der Waals surface area contributed by atoms with Gasteiger partial charge in [-0.25, -0.2) is 4.98 Å². The first-order valence-electron chi connectivity index (χ1n) is 10.9. The molecule has 0 aliphatic rings. The molecule has 1 atom stereocenters. The van der Waals surface area contributed by atoms with Gasteiger partial charge in [-0.3, -0.25) is 4.79 Å². The van der Waals surface area contributed by atoms with Gasteiger partial charge in [-0.05, 0) is 24.0 Å². The predicted octanol–water partition coefficient (Wildman–Crippen LogP) is 3.60. The van der Waals surface area contributed by atoms with E-state index in [0.717, 1.165) is 6.42 Å². The van der Waals surface area contributed by atoms with Crippen LogP contribution in [0.25, 0.3) is 10.9 Å². The summed E-state index contributed by atoms with van der Waals surface area (Å²) in [6.07, 6.45) is 1.09. The number of hydrogen-bond donors (Lipinski definition) is 2. The summed E-state index contributed by atoms with van der Waals surface area (Å²) in [5, 5.41) is 2.73. The van der Waals surface area contributed by atoms with Gasteiger partial charge in [-0.15, -0.1) is 0 Å². The predicted molar refractivity (Wildman–Crippen MR) is 124 cm³/mol. The highest BCUT2D eigenvalue weighted by atomic mass is 16.5. The van der Waals surface area contributed by atoms with Crippen LogP contribution >= 0.6 is 0 Å². The molecule has 1 heterocycles. The number of nitrogens with one attached hydrogen (secondary N) is 1. The van der Waals surface area contributed by atoms with E-state index in [-0.39, 0.29) is 11.6 Å². The van der Waals surface area contributed by atoms with E-state index in [2.05, 4.69) is 67.2 Å². The van der Waals surface area contributed by atoms with Gasteiger partial charge in [-0.1, -0.05) is 52.0 Å². The lowest BCUT2D eigenvalue weighted by molar-refractivity contribution is -0.718. The van der Waals surface area contributed by atoms with Gasteiger partial charge >= 0.3 is 0 Å². The zero-order chi connectivity index (χ0) is 22.5. The van der Waals surface area contributed by atoms with Gasteiger partial charge < -0.3 is 19.8 Å². The Balaban J connectivity index is 1.82. The summed E-state index contributed by atoms with van der Waals surface area (Å²) < 4.78 is 10.7. The Kier molecular flexibility index (Phi) is 7.33. The number of fused-ring (bicyclic) bond motifs is 1. The van der Waals surface area contributed by atoms with E-state index in [1.807, 2.05) is 0 Å². The first kappa shape index (κ1) is 22.8. The van der Waals surface area contributed by atoms with E-state index in [0.29, 0.717) is 46.6 Å². The zero-order valence-corrected chi connectivity index (χ0v) is 19.4. The van der Waals surface area contributed by atoms with Crippen LogP contribution in [0.4, 0.5) is 0 Å². The summed E-state index contributed by atoms with van der Waals surface area (Å²) in [6, 6.07) is 12.6. The minimum Gasteiger partial charge on any atom is -0.493 e. The second kappa shape index (κ2) is 9.96. The maximum atomic E-state index is 12.6. The molecule has 6 heteroatoms. The van der Waals surface area contributed by atoms with Crippen molar-refractivity contribution in [1.29, 1.82) is 0 Å². The molecule has 6 nitrogen and oxygen atoms in total. The number of aromatic nitrogens is 2. The van der Waals surface area contributed by atoms with E-state index in [1.165, 1.54) is 11.1 Å². The van der Waals surface area contributed by atoms with Crippen molar-refractivity contribution in [2.24, 2.45) is 11.8 Å². The highest BCUT2D eigenvalue weighted by Crippen LogP contribution is 2.29. The third-order valence-electron chi connectivity index (χ3n) is 5.55. The van der Waals surface area contributed by atoms with E-state index >= 15 is 0 Å². The lowest BCUT2D eigenvalue weighted by Gasteiger charge is -2.20. The number of ether oxygens (including phenoxy) is 2. The Bertz CT molecular complexity index is 1070.